The minimum Gasteiger partial charge on any atom is -0.440 e. The Hall–Kier alpha value is -5.26. The maximum atomic E-state index is 7.70. The van der Waals surface area contributed by atoms with Crippen molar-refractivity contribution in [3.63, 3.8) is 0 Å². The van der Waals surface area contributed by atoms with E-state index in [2.05, 4.69) is 251 Å². The number of furan rings is 1. The van der Waals surface area contributed by atoms with E-state index < -0.39 is 8.07 Å². The lowest BCUT2D eigenvalue weighted by Crippen LogP contribution is -2.61. The van der Waals surface area contributed by atoms with Crippen LogP contribution in [0.1, 0.15) is 208 Å². The van der Waals surface area contributed by atoms with Crippen molar-refractivity contribution >= 4 is 81.7 Å². The molecule has 0 unspecified atom stereocenters. The molecular formula is C73H91BN2OSi. The SMILES string of the molecule is CC(C)(C)c1ccc(N2c3cc(C(C)(C)C)cc4c3B(c3cc5c(cc3N4c3cc4c(cc3-c3ccc([Si](C)(C)C)cc3)C(C)(C)CCC4(C)C)C(C)(C)CCC5(C)C)c3c2oc2cc4c(cc32)C(C)(C)CCC4(C)C)cc1. The van der Waals surface area contributed by atoms with Crippen LogP contribution in [0.3, 0.4) is 0 Å². The Morgan fingerprint density at radius 3 is 1.36 bits per heavy atom. The molecule has 406 valence electrons. The van der Waals surface area contributed by atoms with Crippen molar-refractivity contribution in [2.75, 3.05) is 9.80 Å². The smallest absolute Gasteiger partial charge is 0.257 e. The van der Waals surface area contributed by atoms with Gasteiger partial charge in [0, 0.05) is 39.2 Å². The van der Waals surface area contributed by atoms with Crippen LogP contribution in [0.5, 0.6) is 0 Å². The Labute approximate surface area is 472 Å². The molecule has 0 bridgehead atoms. The molecule has 78 heavy (non-hydrogen) atoms. The summed E-state index contributed by atoms with van der Waals surface area (Å²) in [6.07, 6.45) is 6.93. The standard InChI is InChI=1S/C73H91BN2OSi/c1-66(2,3)45-24-26-47(27-25-45)75-60-36-46(67(4,5)6)37-61-64(60)74(63-50-39-52-56(43-62(50)77-65(63)75)73(17,18)35-31-69(52,9)10)57-40-53-55(72(15,16)34-32-70(53,11)12)42-59(57)76(61)58-41-54-51(68(7,8)30-33-71(54,13)14)38-49(58)44-22-28-48(29-23-44)78(19,20)21/h22-29,36-43H,30-35H2,1-21H3. The van der Waals surface area contributed by atoms with Gasteiger partial charge in [-0.2, -0.15) is 0 Å². The predicted octanol–water partition coefficient (Wildman–Crippen LogP) is 18.4. The van der Waals surface area contributed by atoms with Gasteiger partial charge in [0.25, 0.3) is 6.71 Å². The third-order valence-electron chi connectivity index (χ3n) is 20.8. The summed E-state index contributed by atoms with van der Waals surface area (Å²) in [5.74, 6) is 0.957. The molecule has 7 aromatic rings. The van der Waals surface area contributed by atoms with Crippen molar-refractivity contribution in [3.8, 4) is 11.1 Å². The van der Waals surface area contributed by atoms with Crippen molar-refractivity contribution in [3.05, 3.63) is 142 Å². The first-order valence-corrected chi connectivity index (χ1v) is 33.5. The normalized spacial score (nSPS) is 20.1. The fourth-order valence-electron chi connectivity index (χ4n) is 14.9. The first kappa shape index (κ1) is 53.4. The van der Waals surface area contributed by atoms with Crippen LogP contribution >= 0.6 is 0 Å². The van der Waals surface area contributed by atoms with E-state index in [1.54, 1.807) is 0 Å². The largest absolute Gasteiger partial charge is 0.440 e. The van der Waals surface area contributed by atoms with Gasteiger partial charge in [0.2, 0.25) is 5.88 Å². The number of fused-ring (bicyclic) bond motifs is 9. The zero-order valence-electron chi connectivity index (χ0n) is 51.9. The first-order valence-electron chi connectivity index (χ1n) is 30.0. The predicted molar refractivity (Wildman–Crippen MR) is 342 cm³/mol. The van der Waals surface area contributed by atoms with Crippen LogP contribution < -0.4 is 31.4 Å². The molecule has 0 amide bonds. The molecule has 0 atom stereocenters. The molecule has 0 saturated heterocycles. The molecule has 3 heterocycles. The van der Waals surface area contributed by atoms with E-state index in [-0.39, 0.29) is 50.0 Å². The fourth-order valence-corrected chi connectivity index (χ4v) is 16.0. The molecular weight excluding hydrogens is 960 g/mol. The molecule has 2 aliphatic heterocycles. The Bertz CT molecular complexity index is 3630. The molecule has 3 aliphatic carbocycles. The Morgan fingerprint density at radius 1 is 0.436 bits per heavy atom. The maximum absolute atomic E-state index is 7.70. The number of nitrogens with zero attached hydrogens (tertiary/aromatic N) is 2. The molecule has 5 aliphatic rings. The second-order valence-electron chi connectivity index (χ2n) is 32.3. The summed E-state index contributed by atoms with van der Waals surface area (Å²) in [4.78, 5) is 5.35. The number of rotatable bonds is 4. The van der Waals surface area contributed by atoms with Gasteiger partial charge in [-0.3, -0.25) is 4.90 Å². The number of hydrogen-bond donors (Lipinski definition) is 0. The van der Waals surface area contributed by atoms with Gasteiger partial charge in [0.1, 0.15) is 5.58 Å². The lowest BCUT2D eigenvalue weighted by atomic mass is 9.33. The zero-order valence-corrected chi connectivity index (χ0v) is 52.9. The molecule has 0 fully saturated rings. The third-order valence-corrected chi connectivity index (χ3v) is 22.8. The van der Waals surface area contributed by atoms with E-state index in [9.17, 15) is 0 Å². The van der Waals surface area contributed by atoms with E-state index in [1.807, 2.05) is 0 Å². The third kappa shape index (κ3) is 8.13. The van der Waals surface area contributed by atoms with Gasteiger partial charge < -0.3 is 9.32 Å². The minimum absolute atomic E-state index is 0.0000894. The summed E-state index contributed by atoms with van der Waals surface area (Å²) in [5, 5.41) is 2.75. The summed E-state index contributed by atoms with van der Waals surface area (Å²) >= 11 is 0. The van der Waals surface area contributed by atoms with Crippen LogP contribution in [0.15, 0.2) is 101 Å². The minimum atomic E-state index is -1.58. The van der Waals surface area contributed by atoms with E-state index in [0.29, 0.717) is 0 Å². The highest BCUT2D eigenvalue weighted by molar-refractivity contribution is 7.01. The second-order valence-corrected chi connectivity index (χ2v) is 37.4. The Balaban J connectivity index is 1.27. The topological polar surface area (TPSA) is 19.6 Å². The van der Waals surface area contributed by atoms with Crippen LogP contribution in [0.25, 0.3) is 22.1 Å². The summed E-state index contributed by atoms with van der Waals surface area (Å²) in [6.45, 7) is 51.4. The van der Waals surface area contributed by atoms with Gasteiger partial charge >= 0.3 is 0 Å². The molecule has 0 saturated carbocycles. The van der Waals surface area contributed by atoms with Crippen LogP contribution in [0.4, 0.5) is 34.3 Å². The first-order chi connectivity index (χ1) is 36.0. The van der Waals surface area contributed by atoms with Gasteiger partial charge in [0.15, 0.2) is 0 Å². The van der Waals surface area contributed by atoms with Crippen LogP contribution in [-0.4, -0.2) is 14.8 Å². The van der Waals surface area contributed by atoms with Crippen molar-refractivity contribution < 1.29 is 4.42 Å². The number of hydrogen-bond acceptors (Lipinski definition) is 3. The Kier molecular flexibility index (Phi) is 11.4. The highest BCUT2D eigenvalue weighted by Crippen LogP contribution is 2.56. The molecule has 12 rings (SSSR count). The number of benzene rings is 6. The van der Waals surface area contributed by atoms with E-state index in [1.165, 1.54) is 105 Å². The lowest BCUT2D eigenvalue weighted by Gasteiger charge is -2.48. The highest BCUT2D eigenvalue weighted by Gasteiger charge is 2.51. The molecule has 6 aromatic carbocycles. The quantitative estimate of drug-likeness (QED) is 0.164. The van der Waals surface area contributed by atoms with E-state index in [0.717, 1.165) is 55.7 Å². The fraction of sp³-hybridized carbons (Fsp3) is 0.479. The van der Waals surface area contributed by atoms with Gasteiger partial charge in [-0.05, 0) is 197 Å². The summed E-state index contributed by atoms with van der Waals surface area (Å²) in [7, 11) is -1.58. The van der Waals surface area contributed by atoms with Crippen molar-refractivity contribution in [2.24, 2.45) is 0 Å². The highest BCUT2D eigenvalue weighted by atomic mass is 28.3. The molecule has 0 radical (unpaired) electrons. The van der Waals surface area contributed by atoms with Crippen molar-refractivity contribution in [1.82, 2.24) is 0 Å². The molecule has 0 N–H and O–H groups in total. The van der Waals surface area contributed by atoms with Gasteiger partial charge in [0.05, 0.1) is 13.8 Å². The summed E-state index contributed by atoms with van der Waals surface area (Å²) < 4.78 is 7.70. The van der Waals surface area contributed by atoms with E-state index in [4.69, 9.17) is 4.42 Å². The monoisotopic (exact) mass is 1050 g/mol. The van der Waals surface area contributed by atoms with Gasteiger partial charge in [-0.15, -0.1) is 0 Å². The van der Waals surface area contributed by atoms with Crippen LogP contribution in [0.2, 0.25) is 19.6 Å². The maximum Gasteiger partial charge on any atom is 0.257 e. The lowest BCUT2D eigenvalue weighted by molar-refractivity contribution is 0.332. The summed E-state index contributed by atoms with van der Waals surface area (Å²) in [5.41, 5.74) is 25.3. The van der Waals surface area contributed by atoms with Gasteiger partial charge in [-0.25, -0.2) is 0 Å². The van der Waals surface area contributed by atoms with Crippen LogP contribution in [0, 0.1) is 0 Å². The molecule has 1 aromatic heterocycles. The van der Waals surface area contributed by atoms with Gasteiger partial charge in [-0.1, -0.05) is 192 Å². The van der Waals surface area contributed by atoms with Crippen molar-refractivity contribution in [1.29, 1.82) is 0 Å². The van der Waals surface area contributed by atoms with Crippen LogP contribution in [-0.2, 0) is 43.3 Å². The van der Waals surface area contributed by atoms with E-state index >= 15 is 0 Å². The van der Waals surface area contributed by atoms with Crippen molar-refractivity contribution in [2.45, 2.75) is 226 Å². The second kappa shape index (κ2) is 16.7. The zero-order chi connectivity index (χ0) is 56.2. The summed E-state index contributed by atoms with van der Waals surface area (Å²) in [6, 6.07) is 40.3. The average molecular weight is 1050 g/mol. The average Bonchev–Trinajstić information content (AvgIpc) is 3.73. The molecule has 5 heteroatoms. The molecule has 3 nitrogen and oxygen atoms in total. The Morgan fingerprint density at radius 2 is 0.872 bits per heavy atom. The number of anilines is 6. The molecule has 0 spiro atoms.